The Kier molecular flexibility index (Phi) is 3.45. The first-order valence-corrected chi connectivity index (χ1v) is 6.23. The molecule has 1 N–H and O–H groups in total. The lowest BCUT2D eigenvalue weighted by molar-refractivity contribution is 0.0821. The van der Waals surface area contributed by atoms with Crippen molar-refractivity contribution in [2.45, 2.75) is 45.7 Å². The van der Waals surface area contributed by atoms with E-state index in [0.29, 0.717) is 6.17 Å². The van der Waals surface area contributed by atoms with Crippen molar-refractivity contribution in [3.63, 3.8) is 0 Å². The van der Waals surface area contributed by atoms with Gasteiger partial charge in [0.25, 0.3) is 0 Å². The van der Waals surface area contributed by atoms with Crippen molar-refractivity contribution in [2.24, 2.45) is 11.8 Å². The van der Waals surface area contributed by atoms with Crippen LogP contribution in [0.1, 0.15) is 39.5 Å². The van der Waals surface area contributed by atoms with Crippen LogP contribution in [-0.4, -0.2) is 30.7 Å². The van der Waals surface area contributed by atoms with Crippen LogP contribution in [0.3, 0.4) is 0 Å². The van der Waals surface area contributed by atoms with E-state index in [1.807, 2.05) is 0 Å². The van der Waals surface area contributed by atoms with E-state index < -0.39 is 0 Å². The first kappa shape index (κ1) is 10.4. The molecule has 2 fully saturated rings. The van der Waals surface area contributed by atoms with Gasteiger partial charge >= 0.3 is 0 Å². The van der Waals surface area contributed by atoms with Gasteiger partial charge in [0.15, 0.2) is 0 Å². The van der Waals surface area contributed by atoms with Crippen molar-refractivity contribution in [3.8, 4) is 0 Å². The SMILES string of the molecule is CC1CCN(C2CC(C)CCN2)CC1. The molecule has 0 aromatic carbocycles. The average molecular weight is 196 g/mol. The maximum atomic E-state index is 3.66. The fourth-order valence-electron chi connectivity index (χ4n) is 2.70. The van der Waals surface area contributed by atoms with Gasteiger partial charge in [-0.25, -0.2) is 0 Å². The maximum Gasteiger partial charge on any atom is 0.0599 e. The zero-order chi connectivity index (χ0) is 9.97. The van der Waals surface area contributed by atoms with E-state index in [0.717, 1.165) is 11.8 Å². The van der Waals surface area contributed by atoms with Crippen LogP contribution in [0.2, 0.25) is 0 Å². The van der Waals surface area contributed by atoms with Gasteiger partial charge in [-0.2, -0.15) is 0 Å². The summed E-state index contributed by atoms with van der Waals surface area (Å²) in [5, 5.41) is 3.66. The molecular formula is C12H24N2. The minimum absolute atomic E-state index is 0.686. The molecule has 0 aromatic heterocycles. The standard InChI is InChI=1S/C12H24N2/c1-10-4-7-14(8-5-10)12-9-11(2)3-6-13-12/h10-13H,3-9H2,1-2H3. The van der Waals surface area contributed by atoms with E-state index in [4.69, 9.17) is 0 Å². The zero-order valence-electron chi connectivity index (χ0n) is 9.63. The molecule has 0 radical (unpaired) electrons. The van der Waals surface area contributed by atoms with E-state index >= 15 is 0 Å². The summed E-state index contributed by atoms with van der Waals surface area (Å²) in [4.78, 5) is 2.66. The number of rotatable bonds is 1. The van der Waals surface area contributed by atoms with Crippen LogP contribution in [-0.2, 0) is 0 Å². The molecular weight excluding hydrogens is 172 g/mol. The smallest absolute Gasteiger partial charge is 0.0599 e. The summed E-state index contributed by atoms with van der Waals surface area (Å²) in [6.45, 7) is 8.61. The van der Waals surface area contributed by atoms with Crippen LogP contribution in [0.4, 0.5) is 0 Å². The molecule has 2 aliphatic rings. The summed E-state index contributed by atoms with van der Waals surface area (Å²) >= 11 is 0. The molecule has 82 valence electrons. The fourth-order valence-corrected chi connectivity index (χ4v) is 2.70. The molecule has 2 rings (SSSR count). The molecule has 2 atom stereocenters. The van der Waals surface area contributed by atoms with Crippen LogP contribution >= 0.6 is 0 Å². The lowest BCUT2D eigenvalue weighted by Gasteiger charge is -2.40. The highest BCUT2D eigenvalue weighted by Gasteiger charge is 2.26. The van der Waals surface area contributed by atoms with E-state index in [9.17, 15) is 0 Å². The molecule has 2 heterocycles. The quantitative estimate of drug-likeness (QED) is 0.690. The third-order valence-corrected chi connectivity index (χ3v) is 3.90. The summed E-state index contributed by atoms with van der Waals surface area (Å²) < 4.78 is 0. The minimum Gasteiger partial charge on any atom is -0.302 e. The van der Waals surface area contributed by atoms with Crippen LogP contribution < -0.4 is 5.32 Å². The molecule has 0 amide bonds. The number of nitrogens with zero attached hydrogens (tertiary/aromatic N) is 1. The van der Waals surface area contributed by atoms with E-state index in [1.165, 1.54) is 45.3 Å². The summed E-state index contributed by atoms with van der Waals surface area (Å²) in [7, 11) is 0. The maximum absolute atomic E-state index is 3.66. The average Bonchev–Trinajstić information content (AvgIpc) is 2.19. The van der Waals surface area contributed by atoms with Crippen molar-refractivity contribution in [1.29, 1.82) is 0 Å². The Morgan fingerprint density at radius 1 is 1.00 bits per heavy atom. The van der Waals surface area contributed by atoms with Crippen molar-refractivity contribution in [1.82, 2.24) is 10.2 Å². The molecule has 0 saturated carbocycles. The van der Waals surface area contributed by atoms with Gasteiger partial charge in [-0.05, 0) is 57.2 Å². The molecule has 2 saturated heterocycles. The normalized spacial score (nSPS) is 37.3. The lowest BCUT2D eigenvalue weighted by atomic mass is 9.94. The van der Waals surface area contributed by atoms with Crippen LogP contribution in [0.15, 0.2) is 0 Å². The van der Waals surface area contributed by atoms with Gasteiger partial charge in [0.2, 0.25) is 0 Å². The van der Waals surface area contributed by atoms with Gasteiger partial charge in [-0.15, -0.1) is 0 Å². The van der Waals surface area contributed by atoms with E-state index in [1.54, 1.807) is 0 Å². The van der Waals surface area contributed by atoms with Crippen LogP contribution in [0.25, 0.3) is 0 Å². The molecule has 2 heteroatoms. The van der Waals surface area contributed by atoms with Crippen molar-refractivity contribution < 1.29 is 0 Å². The van der Waals surface area contributed by atoms with Gasteiger partial charge in [-0.1, -0.05) is 13.8 Å². The predicted molar refractivity (Wildman–Crippen MR) is 60.2 cm³/mol. The zero-order valence-corrected chi connectivity index (χ0v) is 9.63. The Labute approximate surface area is 88.1 Å². The Hall–Kier alpha value is -0.0800. The van der Waals surface area contributed by atoms with Crippen molar-refractivity contribution in [2.75, 3.05) is 19.6 Å². The van der Waals surface area contributed by atoms with Gasteiger partial charge in [0.1, 0.15) is 0 Å². The molecule has 2 nitrogen and oxygen atoms in total. The third kappa shape index (κ3) is 2.48. The predicted octanol–water partition coefficient (Wildman–Crippen LogP) is 2.06. The van der Waals surface area contributed by atoms with Crippen LogP contribution in [0, 0.1) is 11.8 Å². The molecule has 0 spiro atoms. The fraction of sp³-hybridized carbons (Fsp3) is 1.00. The summed E-state index contributed by atoms with van der Waals surface area (Å²) in [5.74, 6) is 1.87. The Morgan fingerprint density at radius 3 is 2.36 bits per heavy atom. The molecule has 0 aliphatic carbocycles. The Morgan fingerprint density at radius 2 is 1.71 bits per heavy atom. The highest BCUT2D eigenvalue weighted by molar-refractivity contribution is 4.80. The number of hydrogen-bond donors (Lipinski definition) is 1. The first-order chi connectivity index (χ1) is 6.75. The minimum atomic E-state index is 0.686. The van der Waals surface area contributed by atoms with Gasteiger partial charge in [-0.3, -0.25) is 4.90 Å². The molecule has 2 unspecified atom stereocenters. The lowest BCUT2D eigenvalue weighted by Crippen LogP contribution is -2.52. The second kappa shape index (κ2) is 4.63. The number of piperidine rings is 2. The van der Waals surface area contributed by atoms with Crippen molar-refractivity contribution in [3.05, 3.63) is 0 Å². The van der Waals surface area contributed by atoms with Crippen LogP contribution in [0.5, 0.6) is 0 Å². The van der Waals surface area contributed by atoms with E-state index in [-0.39, 0.29) is 0 Å². The number of nitrogens with one attached hydrogen (secondary N) is 1. The summed E-state index contributed by atoms with van der Waals surface area (Å²) in [6.07, 6.45) is 6.19. The Bertz CT molecular complexity index is 173. The van der Waals surface area contributed by atoms with Gasteiger partial charge in [0.05, 0.1) is 6.17 Å². The number of hydrogen-bond acceptors (Lipinski definition) is 2. The van der Waals surface area contributed by atoms with Gasteiger partial charge < -0.3 is 5.32 Å². The Balaban J connectivity index is 1.82. The highest BCUT2D eigenvalue weighted by atomic mass is 15.3. The monoisotopic (exact) mass is 196 g/mol. The third-order valence-electron chi connectivity index (χ3n) is 3.90. The first-order valence-electron chi connectivity index (χ1n) is 6.23. The second-order valence-electron chi connectivity index (χ2n) is 5.32. The second-order valence-corrected chi connectivity index (χ2v) is 5.32. The summed E-state index contributed by atoms with van der Waals surface area (Å²) in [5.41, 5.74) is 0. The molecule has 0 aromatic rings. The largest absolute Gasteiger partial charge is 0.302 e. The molecule has 0 bridgehead atoms. The van der Waals surface area contributed by atoms with E-state index in [2.05, 4.69) is 24.1 Å². The van der Waals surface area contributed by atoms with Gasteiger partial charge in [0, 0.05) is 0 Å². The van der Waals surface area contributed by atoms with Crippen molar-refractivity contribution >= 4 is 0 Å². The molecule has 14 heavy (non-hydrogen) atoms. The molecule has 2 aliphatic heterocycles. The summed E-state index contributed by atoms with van der Waals surface area (Å²) in [6, 6.07) is 0. The topological polar surface area (TPSA) is 15.3 Å². The highest BCUT2D eigenvalue weighted by Crippen LogP contribution is 2.23. The number of likely N-dealkylation sites (tertiary alicyclic amines) is 1.